The van der Waals surface area contributed by atoms with Gasteiger partial charge in [-0.3, -0.25) is 0 Å². The zero-order valence-electron chi connectivity index (χ0n) is 19.6. The van der Waals surface area contributed by atoms with Crippen LogP contribution >= 0.6 is 0 Å². The van der Waals surface area contributed by atoms with Crippen LogP contribution in [-0.2, 0) is 0 Å². The van der Waals surface area contributed by atoms with Crippen molar-refractivity contribution in [2.24, 2.45) is 5.92 Å². The van der Waals surface area contributed by atoms with Crippen molar-refractivity contribution in [3.05, 3.63) is 64.7 Å². The average molecular weight is 439 g/mol. The third kappa shape index (κ3) is 6.83. The van der Waals surface area contributed by atoms with Gasteiger partial charge >= 0.3 is 0 Å². The smallest absolute Gasteiger partial charge is 0.201 e. The Bertz CT molecular complexity index is 899. The van der Waals surface area contributed by atoms with Crippen LogP contribution in [0.5, 0.6) is 5.75 Å². The molecule has 0 saturated heterocycles. The summed E-state index contributed by atoms with van der Waals surface area (Å²) in [6.07, 6.45) is 12.8. The highest BCUT2D eigenvalue weighted by atomic mass is 19.2. The van der Waals surface area contributed by atoms with Crippen molar-refractivity contribution in [1.82, 2.24) is 0 Å². The summed E-state index contributed by atoms with van der Waals surface area (Å²) < 4.78 is 33.6. The van der Waals surface area contributed by atoms with Crippen molar-refractivity contribution in [2.75, 3.05) is 6.61 Å². The van der Waals surface area contributed by atoms with Crippen LogP contribution in [0.1, 0.15) is 101 Å². The molecule has 172 valence electrons. The van der Waals surface area contributed by atoms with Gasteiger partial charge in [0.1, 0.15) is 0 Å². The van der Waals surface area contributed by atoms with Crippen LogP contribution in [0.15, 0.2) is 36.4 Å². The second-order valence-corrected chi connectivity index (χ2v) is 9.03. The van der Waals surface area contributed by atoms with Crippen molar-refractivity contribution in [3.8, 4) is 17.6 Å². The highest BCUT2D eigenvalue weighted by molar-refractivity contribution is 5.46. The molecule has 0 heterocycles. The second kappa shape index (κ2) is 12.6. The second-order valence-electron chi connectivity index (χ2n) is 9.03. The van der Waals surface area contributed by atoms with Gasteiger partial charge in [0.05, 0.1) is 12.2 Å². The molecule has 2 aromatic rings. The molecule has 0 N–H and O–H groups in total. The van der Waals surface area contributed by atoms with Crippen molar-refractivity contribution in [2.45, 2.75) is 84.0 Å². The van der Waals surface area contributed by atoms with Gasteiger partial charge in [0.15, 0.2) is 11.6 Å². The van der Waals surface area contributed by atoms with E-state index in [0.29, 0.717) is 12.5 Å². The monoisotopic (exact) mass is 438 g/mol. The molecule has 0 bridgehead atoms. The lowest BCUT2D eigenvalue weighted by atomic mass is 9.77. The predicted molar refractivity (Wildman–Crippen MR) is 128 cm³/mol. The van der Waals surface area contributed by atoms with Gasteiger partial charge in [-0.25, -0.2) is 4.39 Å². The van der Waals surface area contributed by atoms with Crippen molar-refractivity contribution < 1.29 is 13.5 Å². The van der Waals surface area contributed by atoms with Gasteiger partial charge in [0.25, 0.3) is 0 Å². The first-order chi connectivity index (χ1) is 15.6. The van der Waals surface area contributed by atoms with Gasteiger partial charge in [-0.05, 0) is 73.8 Å². The highest BCUT2D eigenvalue weighted by Gasteiger charge is 2.22. The number of halogens is 2. The minimum atomic E-state index is -0.971. The minimum Gasteiger partial charge on any atom is -0.490 e. The summed E-state index contributed by atoms with van der Waals surface area (Å²) in [4.78, 5) is 0. The Labute approximate surface area is 192 Å². The third-order valence-corrected chi connectivity index (χ3v) is 6.54. The molecule has 0 unspecified atom stereocenters. The molecule has 1 fully saturated rings. The summed E-state index contributed by atoms with van der Waals surface area (Å²) in [6.45, 7) is 4.54. The van der Waals surface area contributed by atoms with E-state index in [1.165, 1.54) is 75.5 Å². The predicted octanol–water partition coefficient (Wildman–Crippen LogP) is 8.40. The lowest BCUT2D eigenvalue weighted by Gasteiger charge is -2.29. The molecule has 0 aromatic heterocycles. The van der Waals surface area contributed by atoms with E-state index in [0.717, 1.165) is 17.9 Å². The van der Waals surface area contributed by atoms with Gasteiger partial charge in [-0.1, -0.05) is 69.9 Å². The molecule has 32 heavy (non-hydrogen) atoms. The molecule has 1 aliphatic rings. The fraction of sp³-hybridized carbons (Fsp3) is 0.517. The highest BCUT2D eigenvalue weighted by Crippen LogP contribution is 2.37. The molecule has 3 heteroatoms. The van der Waals surface area contributed by atoms with Crippen LogP contribution in [0.4, 0.5) is 8.78 Å². The fourth-order valence-electron chi connectivity index (χ4n) is 4.57. The molecule has 1 aliphatic carbocycles. The Morgan fingerprint density at radius 3 is 2.25 bits per heavy atom. The van der Waals surface area contributed by atoms with Crippen LogP contribution in [0.3, 0.4) is 0 Å². The number of hydrogen-bond acceptors (Lipinski definition) is 1. The van der Waals surface area contributed by atoms with Crippen molar-refractivity contribution in [3.63, 3.8) is 0 Å². The molecule has 0 aliphatic heterocycles. The lowest BCUT2D eigenvalue weighted by Crippen LogP contribution is -2.13. The van der Waals surface area contributed by atoms with E-state index in [1.807, 2.05) is 19.1 Å². The third-order valence-electron chi connectivity index (χ3n) is 6.54. The minimum absolute atomic E-state index is 0.0488. The molecule has 0 atom stereocenters. The lowest BCUT2D eigenvalue weighted by molar-refractivity contribution is 0.295. The summed E-state index contributed by atoms with van der Waals surface area (Å²) >= 11 is 0. The SMILES string of the molecule is CCCCCCC1CCC(c2ccc(C#Cc3ccc(OCCC)c(F)c3F)cc2)CC1. The molecule has 1 nitrogen and oxygen atoms in total. The maximum Gasteiger partial charge on any atom is 0.201 e. The largest absolute Gasteiger partial charge is 0.490 e. The number of rotatable bonds is 9. The first-order valence-electron chi connectivity index (χ1n) is 12.3. The van der Waals surface area contributed by atoms with E-state index in [4.69, 9.17) is 4.74 Å². The number of unbranched alkanes of at least 4 members (excludes halogenated alkanes) is 3. The summed E-state index contributed by atoms with van der Waals surface area (Å²) in [5, 5.41) is 0. The van der Waals surface area contributed by atoms with Crippen LogP contribution in [-0.4, -0.2) is 6.61 Å². The van der Waals surface area contributed by atoms with Crippen LogP contribution < -0.4 is 4.74 Å². The molecule has 2 aromatic carbocycles. The number of benzene rings is 2. The first kappa shape index (κ1) is 24.3. The van der Waals surface area contributed by atoms with E-state index in [9.17, 15) is 8.78 Å². The summed E-state index contributed by atoms with van der Waals surface area (Å²) in [5.41, 5.74) is 2.23. The summed E-state index contributed by atoms with van der Waals surface area (Å²) in [7, 11) is 0. The van der Waals surface area contributed by atoms with Crippen molar-refractivity contribution >= 4 is 0 Å². The zero-order chi connectivity index (χ0) is 22.8. The van der Waals surface area contributed by atoms with Crippen molar-refractivity contribution in [1.29, 1.82) is 0 Å². The fourth-order valence-corrected chi connectivity index (χ4v) is 4.57. The summed E-state index contributed by atoms with van der Waals surface area (Å²) in [5.74, 6) is 5.29. The molecular weight excluding hydrogens is 402 g/mol. The van der Waals surface area contributed by atoms with Gasteiger partial charge in [-0.2, -0.15) is 4.39 Å². The topological polar surface area (TPSA) is 9.23 Å². The maximum absolute atomic E-state index is 14.3. The molecule has 3 rings (SSSR count). The van der Waals surface area contributed by atoms with Gasteiger partial charge < -0.3 is 4.74 Å². The quantitative estimate of drug-likeness (QED) is 0.282. The van der Waals surface area contributed by atoms with E-state index >= 15 is 0 Å². The Balaban J connectivity index is 1.55. The van der Waals surface area contributed by atoms with E-state index in [-0.39, 0.29) is 11.3 Å². The Morgan fingerprint density at radius 2 is 1.56 bits per heavy atom. The summed E-state index contributed by atoms with van der Waals surface area (Å²) in [6, 6.07) is 11.2. The van der Waals surface area contributed by atoms with Crippen LogP contribution in [0, 0.1) is 29.4 Å². The molecule has 0 amide bonds. The first-order valence-corrected chi connectivity index (χ1v) is 12.3. The van der Waals surface area contributed by atoms with Crippen LogP contribution in [0.2, 0.25) is 0 Å². The maximum atomic E-state index is 14.3. The van der Waals surface area contributed by atoms with Gasteiger partial charge in [-0.15, -0.1) is 0 Å². The van der Waals surface area contributed by atoms with E-state index in [2.05, 4.69) is 30.9 Å². The van der Waals surface area contributed by atoms with Gasteiger partial charge in [0, 0.05) is 5.56 Å². The Hall–Kier alpha value is -2.34. The number of ether oxygens (including phenoxy) is 1. The standard InChI is InChI=1S/C29H36F2O/c1-3-5-6-7-8-22-9-14-24(15-10-22)25-16-11-23(12-17-25)13-18-26-19-20-27(32-21-4-2)29(31)28(26)30/h11-12,16-17,19-20,22,24H,3-10,14-15,21H2,1-2H3. The van der Waals surface area contributed by atoms with Gasteiger partial charge in [0.2, 0.25) is 5.82 Å². The molecule has 0 radical (unpaired) electrons. The average Bonchev–Trinajstić information content (AvgIpc) is 2.83. The molecular formula is C29H36F2O. The Kier molecular flexibility index (Phi) is 9.60. The van der Waals surface area contributed by atoms with Crippen LogP contribution in [0.25, 0.3) is 0 Å². The van der Waals surface area contributed by atoms with E-state index in [1.54, 1.807) is 0 Å². The molecule has 0 spiro atoms. The molecule has 1 saturated carbocycles. The zero-order valence-corrected chi connectivity index (χ0v) is 19.6. The van der Waals surface area contributed by atoms with E-state index < -0.39 is 11.6 Å². The Morgan fingerprint density at radius 1 is 0.812 bits per heavy atom. The normalized spacial score (nSPS) is 18.1. The number of hydrogen-bond donors (Lipinski definition) is 0.